The van der Waals surface area contributed by atoms with Gasteiger partial charge in [0.25, 0.3) is 0 Å². The number of nitrogens with zero attached hydrogens (tertiary/aromatic N) is 1. The second-order valence-electron chi connectivity index (χ2n) is 2.62. The molecule has 1 heterocycles. The molecule has 0 radical (unpaired) electrons. The number of pyridine rings is 1. The van der Waals surface area contributed by atoms with Crippen molar-refractivity contribution in [2.75, 3.05) is 0 Å². The van der Waals surface area contributed by atoms with Crippen molar-refractivity contribution in [3.8, 4) is 12.3 Å². The molecule has 0 unspecified atom stereocenters. The lowest BCUT2D eigenvalue weighted by atomic mass is 10.0. The number of hydrogen-bond acceptors (Lipinski definition) is 2. The highest BCUT2D eigenvalue weighted by Crippen LogP contribution is 2.15. The Labute approximate surface area is 72.8 Å². The van der Waals surface area contributed by atoms with Crippen LogP contribution in [-0.2, 0) is 0 Å². The standard InChI is InChI=1S/C10H12N2/c1-3-8-5-6-12-7-9(8)10(11)4-2/h1,5-7,10H,4,11H2,2H3/t10-/m1/s1. The molecule has 2 N–H and O–H groups in total. The molecule has 2 nitrogen and oxygen atoms in total. The third-order valence-electron chi connectivity index (χ3n) is 1.85. The lowest BCUT2D eigenvalue weighted by molar-refractivity contribution is 0.693. The molecule has 0 spiro atoms. The van der Waals surface area contributed by atoms with Crippen LogP contribution in [0.5, 0.6) is 0 Å². The van der Waals surface area contributed by atoms with Crippen molar-refractivity contribution < 1.29 is 0 Å². The molecule has 0 saturated heterocycles. The number of hydrogen-bond donors (Lipinski definition) is 1. The molecule has 0 amide bonds. The molecule has 2 heteroatoms. The van der Waals surface area contributed by atoms with E-state index in [0.717, 1.165) is 17.5 Å². The van der Waals surface area contributed by atoms with E-state index in [1.165, 1.54) is 0 Å². The Morgan fingerprint density at radius 2 is 2.50 bits per heavy atom. The largest absolute Gasteiger partial charge is 0.324 e. The van der Waals surface area contributed by atoms with E-state index in [-0.39, 0.29) is 6.04 Å². The molecule has 0 aliphatic carbocycles. The summed E-state index contributed by atoms with van der Waals surface area (Å²) in [6, 6.07) is 1.81. The van der Waals surface area contributed by atoms with Crippen molar-refractivity contribution in [3.05, 3.63) is 29.6 Å². The zero-order valence-electron chi connectivity index (χ0n) is 7.12. The first-order valence-corrected chi connectivity index (χ1v) is 3.95. The lowest BCUT2D eigenvalue weighted by Gasteiger charge is -2.09. The first kappa shape index (κ1) is 8.76. The number of nitrogens with two attached hydrogens (primary N) is 1. The van der Waals surface area contributed by atoms with Crippen LogP contribution < -0.4 is 5.73 Å². The first-order valence-electron chi connectivity index (χ1n) is 3.95. The highest BCUT2D eigenvalue weighted by Gasteiger charge is 2.06. The smallest absolute Gasteiger partial charge is 0.0328 e. The average Bonchev–Trinajstić information content (AvgIpc) is 2.16. The van der Waals surface area contributed by atoms with Gasteiger partial charge in [0.15, 0.2) is 0 Å². The Balaban J connectivity index is 3.07. The monoisotopic (exact) mass is 160 g/mol. The van der Waals surface area contributed by atoms with E-state index in [9.17, 15) is 0 Å². The van der Waals surface area contributed by atoms with Crippen LogP contribution in [0.3, 0.4) is 0 Å². The molecule has 0 aliphatic heterocycles. The summed E-state index contributed by atoms with van der Waals surface area (Å²) in [4.78, 5) is 3.99. The first-order chi connectivity index (χ1) is 5.79. The van der Waals surface area contributed by atoms with Gasteiger partial charge in [-0.25, -0.2) is 0 Å². The Morgan fingerprint density at radius 3 is 3.08 bits per heavy atom. The van der Waals surface area contributed by atoms with Crippen LogP contribution >= 0.6 is 0 Å². The summed E-state index contributed by atoms with van der Waals surface area (Å²) in [5.41, 5.74) is 7.64. The summed E-state index contributed by atoms with van der Waals surface area (Å²) >= 11 is 0. The molecule has 0 aromatic carbocycles. The maximum Gasteiger partial charge on any atom is 0.0328 e. The van der Waals surface area contributed by atoms with E-state index in [0.29, 0.717) is 0 Å². The van der Waals surface area contributed by atoms with Gasteiger partial charge in [-0.05, 0) is 12.5 Å². The van der Waals surface area contributed by atoms with Gasteiger partial charge in [0.1, 0.15) is 0 Å². The molecule has 0 bridgehead atoms. The van der Waals surface area contributed by atoms with Crippen molar-refractivity contribution >= 4 is 0 Å². The third-order valence-corrected chi connectivity index (χ3v) is 1.85. The zero-order valence-corrected chi connectivity index (χ0v) is 7.12. The molecule has 12 heavy (non-hydrogen) atoms. The molecule has 0 aliphatic rings. The van der Waals surface area contributed by atoms with Gasteiger partial charge in [-0.1, -0.05) is 12.8 Å². The summed E-state index contributed by atoms with van der Waals surface area (Å²) in [6.45, 7) is 2.03. The summed E-state index contributed by atoms with van der Waals surface area (Å²) in [5, 5.41) is 0. The Hall–Kier alpha value is -1.33. The van der Waals surface area contributed by atoms with Crippen molar-refractivity contribution in [1.29, 1.82) is 0 Å². The van der Waals surface area contributed by atoms with Crippen molar-refractivity contribution in [1.82, 2.24) is 4.98 Å². The van der Waals surface area contributed by atoms with Crippen LogP contribution in [0.1, 0.15) is 30.5 Å². The molecule has 0 fully saturated rings. The fourth-order valence-corrected chi connectivity index (χ4v) is 1.05. The lowest BCUT2D eigenvalue weighted by Crippen LogP contribution is -2.10. The van der Waals surface area contributed by atoms with Gasteiger partial charge in [0.05, 0.1) is 0 Å². The third kappa shape index (κ3) is 1.63. The minimum Gasteiger partial charge on any atom is -0.324 e. The van der Waals surface area contributed by atoms with Crippen LogP contribution in [0.15, 0.2) is 18.5 Å². The predicted molar refractivity (Wildman–Crippen MR) is 49.4 cm³/mol. The van der Waals surface area contributed by atoms with Crippen LogP contribution in [0.25, 0.3) is 0 Å². The fraction of sp³-hybridized carbons (Fsp3) is 0.300. The normalized spacial score (nSPS) is 12.1. The van der Waals surface area contributed by atoms with Gasteiger partial charge in [0.2, 0.25) is 0 Å². The molecule has 1 aromatic heterocycles. The van der Waals surface area contributed by atoms with Gasteiger partial charge < -0.3 is 5.73 Å². The number of terminal acetylenes is 1. The fourth-order valence-electron chi connectivity index (χ4n) is 1.05. The van der Waals surface area contributed by atoms with Crippen molar-refractivity contribution in [2.45, 2.75) is 19.4 Å². The highest BCUT2D eigenvalue weighted by atomic mass is 14.7. The van der Waals surface area contributed by atoms with Crippen LogP contribution in [0, 0.1) is 12.3 Å². The molecular formula is C10H12N2. The number of rotatable bonds is 2. The van der Waals surface area contributed by atoms with E-state index in [2.05, 4.69) is 10.9 Å². The van der Waals surface area contributed by atoms with Crippen molar-refractivity contribution in [2.24, 2.45) is 5.73 Å². The van der Waals surface area contributed by atoms with Gasteiger partial charge in [-0.3, -0.25) is 4.98 Å². The van der Waals surface area contributed by atoms with E-state index in [1.807, 2.05) is 13.0 Å². The highest BCUT2D eigenvalue weighted by molar-refractivity contribution is 5.39. The Bertz CT molecular complexity index is 299. The van der Waals surface area contributed by atoms with Gasteiger partial charge in [-0.15, -0.1) is 6.42 Å². The summed E-state index contributed by atoms with van der Waals surface area (Å²) in [6.07, 6.45) is 9.61. The number of aromatic nitrogens is 1. The van der Waals surface area contributed by atoms with Crippen LogP contribution in [-0.4, -0.2) is 4.98 Å². The van der Waals surface area contributed by atoms with Crippen LogP contribution in [0.2, 0.25) is 0 Å². The second kappa shape index (κ2) is 3.89. The summed E-state index contributed by atoms with van der Waals surface area (Å²) in [5.74, 6) is 2.59. The topological polar surface area (TPSA) is 38.9 Å². The average molecular weight is 160 g/mol. The van der Waals surface area contributed by atoms with Gasteiger partial charge in [-0.2, -0.15) is 0 Å². The predicted octanol–water partition coefficient (Wildman–Crippen LogP) is 1.47. The van der Waals surface area contributed by atoms with Gasteiger partial charge in [0, 0.05) is 29.6 Å². The summed E-state index contributed by atoms with van der Waals surface area (Å²) in [7, 11) is 0. The molecule has 1 rings (SSSR count). The minimum atomic E-state index is 0.00440. The molecule has 1 aromatic rings. The van der Waals surface area contributed by atoms with Crippen molar-refractivity contribution in [3.63, 3.8) is 0 Å². The van der Waals surface area contributed by atoms with E-state index in [1.54, 1.807) is 12.4 Å². The summed E-state index contributed by atoms with van der Waals surface area (Å²) < 4.78 is 0. The molecular weight excluding hydrogens is 148 g/mol. The van der Waals surface area contributed by atoms with E-state index >= 15 is 0 Å². The van der Waals surface area contributed by atoms with E-state index < -0.39 is 0 Å². The SMILES string of the molecule is C#Cc1ccncc1[C@H](N)CC. The molecule has 62 valence electrons. The van der Waals surface area contributed by atoms with E-state index in [4.69, 9.17) is 12.2 Å². The zero-order chi connectivity index (χ0) is 8.97. The molecule has 0 saturated carbocycles. The molecule has 1 atom stereocenters. The Kier molecular flexibility index (Phi) is 2.84. The van der Waals surface area contributed by atoms with Gasteiger partial charge >= 0.3 is 0 Å². The maximum atomic E-state index is 5.84. The minimum absolute atomic E-state index is 0.00440. The quantitative estimate of drug-likeness (QED) is 0.665. The maximum absolute atomic E-state index is 5.84. The second-order valence-corrected chi connectivity index (χ2v) is 2.62. The Morgan fingerprint density at radius 1 is 1.75 bits per heavy atom. The van der Waals surface area contributed by atoms with Crippen LogP contribution in [0.4, 0.5) is 0 Å².